The average molecular weight is 250 g/mol. The number of pyridine rings is 1. The molecule has 0 aromatic carbocycles. The molecule has 1 aromatic rings. The molecule has 1 heterocycles. The Morgan fingerprint density at radius 2 is 2.17 bits per heavy atom. The Labute approximate surface area is 107 Å². The van der Waals surface area contributed by atoms with Gasteiger partial charge in [0.1, 0.15) is 0 Å². The minimum Gasteiger partial charge on any atom is -0.481 e. The summed E-state index contributed by atoms with van der Waals surface area (Å²) in [5, 5.41) is 8.67. The van der Waals surface area contributed by atoms with Crippen molar-refractivity contribution < 1.29 is 9.47 Å². The van der Waals surface area contributed by atoms with Gasteiger partial charge in [-0.1, -0.05) is 0 Å². The van der Waals surface area contributed by atoms with Gasteiger partial charge in [0.25, 0.3) is 0 Å². The van der Waals surface area contributed by atoms with Gasteiger partial charge in [-0.15, -0.1) is 0 Å². The maximum absolute atomic E-state index is 8.67. The number of methoxy groups -OCH3 is 2. The molecule has 0 aliphatic rings. The summed E-state index contributed by atoms with van der Waals surface area (Å²) >= 11 is 0. The average Bonchev–Trinajstić information content (AvgIpc) is 2.40. The van der Waals surface area contributed by atoms with E-state index in [-0.39, 0.29) is 0 Å². The summed E-state index contributed by atoms with van der Waals surface area (Å²) in [6, 6.07) is 5.56. The van der Waals surface area contributed by atoms with Gasteiger partial charge in [0.05, 0.1) is 31.9 Å². The first-order valence-corrected chi connectivity index (χ1v) is 5.64. The van der Waals surface area contributed by atoms with E-state index in [0.717, 1.165) is 0 Å². The van der Waals surface area contributed by atoms with E-state index in [4.69, 9.17) is 20.5 Å². The second-order valence-electron chi connectivity index (χ2n) is 3.65. The first-order chi connectivity index (χ1) is 8.72. The zero-order chi connectivity index (χ0) is 13.4. The lowest BCUT2D eigenvalue weighted by atomic mass is 10.3. The van der Waals surface area contributed by atoms with Gasteiger partial charge in [0, 0.05) is 26.3 Å². The van der Waals surface area contributed by atoms with E-state index in [1.54, 1.807) is 26.4 Å². The van der Waals surface area contributed by atoms with Crippen LogP contribution in [-0.4, -0.2) is 38.9 Å². The van der Waals surface area contributed by atoms with Crippen molar-refractivity contribution in [3.05, 3.63) is 12.1 Å². The maximum atomic E-state index is 8.67. The lowest BCUT2D eigenvalue weighted by Gasteiger charge is -2.23. The maximum Gasteiger partial charge on any atom is 0.215 e. The number of hydrogen-bond acceptors (Lipinski definition) is 6. The zero-order valence-corrected chi connectivity index (χ0v) is 10.7. The van der Waals surface area contributed by atoms with Gasteiger partial charge < -0.3 is 20.1 Å². The molecule has 1 rings (SSSR count). The molecule has 0 saturated carbocycles. The monoisotopic (exact) mass is 250 g/mol. The van der Waals surface area contributed by atoms with E-state index < -0.39 is 0 Å². The molecule has 6 nitrogen and oxygen atoms in total. The van der Waals surface area contributed by atoms with Crippen LogP contribution in [0.3, 0.4) is 0 Å². The quantitative estimate of drug-likeness (QED) is 0.778. The van der Waals surface area contributed by atoms with E-state index >= 15 is 0 Å². The molecule has 18 heavy (non-hydrogen) atoms. The lowest BCUT2D eigenvalue weighted by Crippen LogP contribution is -2.29. The second-order valence-corrected chi connectivity index (χ2v) is 3.65. The van der Waals surface area contributed by atoms with Crippen LogP contribution in [0, 0.1) is 11.3 Å². The largest absolute Gasteiger partial charge is 0.481 e. The Balaban J connectivity index is 2.91. The number of ether oxygens (including phenoxy) is 2. The van der Waals surface area contributed by atoms with Crippen LogP contribution in [0.1, 0.15) is 6.42 Å². The SMILES string of the molecule is COCCN(CCC#N)c1nc(OC)ccc1N. The predicted molar refractivity (Wildman–Crippen MR) is 69.5 cm³/mol. The number of nitrogens with two attached hydrogens (primary N) is 1. The van der Waals surface area contributed by atoms with E-state index in [1.807, 2.05) is 4.90 Å². The van der Waals surface area contributed by atoms with Crippen molar-refractivity contribution in [2.75, 3.05) is 44.5 Å². The summed E-state index contributed by atoms with van der Waals surface area (Å²) in [6.07, 6.45) is 0.405. The fourth-order valence-electron chi connectivity index (χ4n) is 1.52. The molecule has 0 saturated heterocycles. The van der Waals surface area contributed by atoms with Crippen LogP contribution in [0.5, 0.6) is 5.88 Å². The van der Waals surface area contributed by atoms with Crippen LogP contribution in [0.15, 0.2) is 12.1 Å². The Morgan fingerprint density at radius 3 is 2.78 bits per heavy atom. The highest BCUT2D eigenvalue weighted by Gasteiger charge is 2.12. The Kier molecular flexibility index (Phi) is 5.74. The van der Waals surface area contributed by atoms with Gasteiger partial charge >= 0.3 is 0 Å². The molecule has 0 unspecified atom stereocenters. The van der Waals surface area contributed by atoms with E-state index in [2.05, 4.69) is 11.1 Å². The van der Waals surface area contributed by atoms with Crippen LogP contribution < -0.4 is 15.4 Å². The molecule has 98 valence electrons. The van der Waals surface area contributed by atoms with Gasteiger partial charge in [0.2, 0.25) is 5.88 Å². The minimum absolute atomic E-state index is 0.405. The fraction of sp³-hybridized carbons (Fsp3) is 0.500. The first kappa shape index (κ1) is 14.1. The van der Waals surface area contributed by atoms with E-state index in [0.29, 0.717) is 43.5 Å². The minimum atomic E-state index is 0.405. The molecular formula is C12H18N4O2. The van der Waals surface area contributed by atoms with Crippen molar-refractivity contribution in [3.63, 3.8) is 0 Å². The smallest absolute Gasteiger partial charge is 0.215 e. The van der Waals surface area contributed by atoms with Crippen molar-refractivity contribution in [2.24, 2.45) is 0 Å². The van der Waals surface area contributed by atoms with E-state index in [9.17, 15) is 0 Å². The van der Waals surface area contributed by atoms with Crippen molar-refractivity contribution in [3.8, 4) is 11.9 Å². The number of hydrogen-bond donors (Lipinski definition) is 1. The third-order valence-electron chi connectivity index (χ3n) is 2.45. The number of nitriles is 1. The van der Waals surface area contributed by atoms with Crippen LogP contribution >= 0.6 is 0 Å². The van der Waals surface area contributed by atoms with Gasteiger partial charge in [-0.05, 0) is 6.07 Å². The molecular weight excluding hydrogens is 232 g/mol. The topological polar surface area (TPSA) is 84.4 Å². The molecule has 0 spiro atoms. The highest BCUT2D eigenvalue weighted by molar-refractivity contribution is 5.63. The molecule has 0 bridgehead atoms. The van der Waals surface area contributed by atoms with Crippen molar-refractivity contribution in [1.29, 1.82) is 5.26 Å². The third kappa shape index (κ3) is 3.79. The molecule has 0 atom stereocenters. The summed E-state index contributed by atoms with van der Waals surface area (Å²) in [4.78, 5) is 6.23. The Morgan fingerprint density at radius 1 is 1.39 bits per heavy atom. The molecule has 2 N–H and O–H groups in total. The van der Waals surface area contributed by atoms with Gasteiger partial charge in [-0.25, -0.2) is 0 Å². The number of aromatic nitrogens is 1. The molecule has 0 aliphatic carbocycles. The molecule has 6 heteroatoms. The molecule has 0 amide bonds. The summed E-state index contributed by atoms with van der Waals surface area (Å²) in [5.41, 5.74) is 6.47. The van der Waals surface area contributed by atoms with E-state index in [1.165, 1.54) is 0 Å². The standard InChI is InChI=1S/C12H18N4O2/c1-17-9-8-16(7-3-6-13)12-10(14)4-5-11(15-12)18-2/h4-5H,3,7-9,14H2,1-2H3. The lowest BCUT2D eigenvalue weighted by molar-refractivity contribution is 0.205. The van der Waals surface area contributed by atoms with Crippen molar-refractivity contribution in [1.82, 2.24) is 4.98 Å². The second kappa shape index (κ2) is 7.35. The number of anilines is 2. The Bertz CT molecular complexity index is 417. The third-order valence-corrected chi connectivity index (χ3v) is 2.45. The molecule has 0 fully saturated rings. The highest BCUT2D eigenvalue weighted by atomic mass is 16.5. The summed E-state index contributed by atoms with van der Waals surface area (Å²) in [7, 11) is 3.18. The molecule has 1 aromatic heterocycles. The van der Waals surface area contributed by atoms with Gasteiger partial charge in [0.15, 0.2) is 5.82 Å². The van der Waals surface area contributed by atoms with Crippen LogP contribution in [0.2, 0.25) is 0 Å². The fourth-order valence-corrected chi connectivity index (χ4v) is 1.52. The zero-order valence-electron chi connectivity index (χ0n) is 10.7. The molecule has 0 radical (unpaired) electrons. The normalized spacial score (nSPS) is 9.83. The number of nitrogen functional groups attached to an aromatic ring is 1. The van der Waals surface area contributed by atoms with Crippen LogP contribution in [0.25, 0.3) is 0 Å². The van der Waals surface area contributed by atoms with Crippen LogP contribution in [0.4, 0.5) is 11.5 Å². The summed E-state index contributed by atoms with van der Waals surface area (Å²) < 4.78 is 10.1. The number of rotatable bonds is 7. The van der Waals surface area contributed by atoms with Gasteiger partial charge in [-0.3, -0.25) is 0 Å². The Hall–Kier alpha value is -2.00. The number of nitrogens with zero attached hydrogens (tertiary/aromatic N) is 3. The molecule has 0 aliphatic heterocycles. The highest BCUT2D eigenvalue weighted by Crippen LogP contribution is 2.23. The first-order valence-electron chi connectivity index (χ1n) is 5.64. The summed E-state index contributed by atoms with van der Waals surface area (Å²) in [5.74, 6) is 1.13. The van der Waals surface area contributed by atoms with Crippen molar-refractivity contribution >= 4 is 11.5 Å². The van der Waals surface area contributed by atoms with Gasteiger partial charge in [-0.2, -0.15) is 10.2 Å². The van der Waals surface area contributed by atoms with Crippen molar-refractivity contribution in [2.45, 2.75) is 6.42 Å². The van der Waals surface area contributed by atoms with Crippen LogP contribution in [-0.2, 0) is 4.74 Å². The summed E-state index contributed by atoms with van der Waals surface area (Å²) in [6.45, 7) is 1.73. The predicted octanol–water partition coefficient (Wildman–Crippen LogP) is 1.04.